The predicted octanol–water partition coefficient (Wildman–Crippen LogP) is 10.8. The average molecular weight is 618 g/mol. The van der Waals surface area contributed by atoms with Crippen LogP contribution in [0.3, 0.4) is 0 Å². The van der Waals surface area contributed by atoms with Crippen molar-refractivity contribution >= 4 is 11.9 Å². The minimum atomic E-state index is -0.0836. The highest BCUT2D eigenvalue weighted by Gasteiger charge is 2.32. The Balaban J connectivity index is 2.01. The van der Waals surface area contributed by atoms with Crippen LogP contribution < -0.4 is 0 Å². The molecule has 1 fully saturated rings. The van der Waals surface area contributed by atoms with Crippen LogP contribution in [-0.2, 0) is 19.1 Å². The maximum Gasteiger partial charge on any atom is 0.305 e. The van der Waals surface area contributed by atoms with Gasteiger partial charge in [-0.25, -0.2) is 0 Å². The van der Waals surface area contributed by atoms with E-state index in [2.05, 4.69) is 50.1 Å². The van der Waals surface area contributed by atoms with Crippen LogP contribution in [0.2, 0.25) is 0 Å². The summed E-state index contributed by atoms with van der Waals surface area (Å²) in [6.45, 7) is 7.15. The van der Waals surface area contributed by atoms with Crippen molar-refractivity contribution in [2.75, 3.05) is 33.4 Å². The van der Waals surface area contributed by atoms with E-state index in [1.807, 2.05) is 0 Å². The third-order valence-corrected chi connectivity index (χ3v) is 8.96. The summed E-state index contributed by atoms with van der Waals surface area (Å²) in [6, 6.07) is 0. The molecule has 0 aromatic carbocycles. The molecule has 5 heteroatoms. The van der Waals surface area contributed by atoms with E-state index in [-0.39, 0.29) is 23.8 Å². The minimum Gasteiger partial charge on any atom is -0.465 e. The highest BCUT2D eigenvalue weighted by Crippen LogP contribution is 2.24. The molecule has 0 aromatic heterocycles. The third kappa shape index (κ3) is 24.7. The topological polar surface area (TPSA) is 55.8 Å². The summed E-state index contributed by atoms with van der Waals surface area (Å²) in [7, 11) is 2.09. The van der Waals surface area contributed by atoms with E-state index < -0.39 is 0 Å². The lowest BCUT2D eigenvalue weighted by atomic mass is 9.98. The molecule has 0 N–H and O–H groups in total. The number of ether oxygens (including phenoxy) is 2. The molecule has 1 aliphatic heterocycles. The summed E-state index contributed by atoms with van der Waals surface area (Å²) in [5.74, 6) is 0.308. The Hall–Kier alpha value is -1.62. The lowest BCUT2D eigenvalue weighted by molar-refractivity contribution is -0.149. The highest BCUT2D eigenvalue weighted by molar-refractivity contribution is 5.69. The van der Waals surface area contributed by atoms with E-state index >= 15 is 0 Å². The van der Waals surface area contributed by atoms with Crippen molar-refractivity contribution in [3.05, 3.63) is 24.3 Å². The largest absolute Gasteiger partial charge is 0.465 e. The molecule has 1 rings (SSSR count). The van der Waals surface area contributed by atoms with Crippen LogP contribution in [0.25, 0.3) is 0 Å². The van der Waals surface area contributed by atoms with E-state index in [0.29, 0.717) is 26.1 Å². The normalized spacial score (nSPS) is 17.2. The lowest BCUT2D eigenvalue weighted by Gasteiger charge is -2.18. The maximum atomic E-state index is 12.3. The maximum absolute atomic E-state index is 12.3. The van der Waals surface area contributed by atoms with Crippen LogP contribution in [0.5, 0.6) is 0 Å². The van der Waals surface area contributed by atoms with Crippen LogP contribution in [-0.4, -0.2) is 50.2 Å². The van der Waals surface area contributed by atoms with E-state index in [1.54, 1.807) is 0 Å². The molecule has 5 nitrogen and oxygen atoms in total. The second-order valence-electron chi connectivity index (χ2n) is 13.4. The number of allylic oxidation sites excluding steroid dienone is 4. The van der Waals surface area contributed by atoms with Gasteiger partial charge in [0, 0.05) is 37.8 Å². The zero-order valence-electron chi connectivity index (χ0n) is 29.3. The second-order valence-corrected chi connectivity index (χ2v) is 13.4. The van der Waals surface area contributed by atoms with Gasteiger partial charge in [-0.05, 0) is 71.3 Å². The first-order chi connectivity index (χ1) is 21.6. The lowest BCUT2D eigenvalue weighted by Crippen LogP contribution is -2.25. The summed E-state index contributed by atoms with van der Waals surface area (Å²) in [5, 5.41) is 0. The molecule has 0 unspecified atom stereocenters. The summed E-state index contributed by atoms with van der Waals surface area (Å²) in [4.78, 5) is 26.9. The van der Waals surface area contributed by atoms with Crippen LogP contribution >= 0.6 is 0 Å². The Labute approximate surface area is 273 Å². The van der Waals surface area contributed by atoms with Crippen LogP contribution in [0, 0.1) is 11.8 Å². The number of rotatable bonds is 30. The number of hydrogen-bond donors (Lipinski definition) is 0. The fourth-order valence-electron chi connectivity index (χ4n) is 6.07. The summed E-state index contributed by atoms with van der Waals surface area (Å²) in [6.07, 6.45) is 37.2. The van der Waals surface area contributed by atoms with Gasteiger partial charge in [-0.1, -0.05) is 115 Å². The Morgan fingerprint density at radius 2 is 0.841 bits per heavy atom. The van der Waals surface area contributed by atoms with Gasteiger partial charge >= 0.3 is 11.9 Å². The zero-order valence-corrected chi connectivity index (χ0v) is 29.3. The molecule has 0 saturated carbocycles. The van der Waals surface area contributed by atoms with Gasteiger partial charge in [0.15, 0.2) is 0 Å². The molecule has 1 heterocycles. The van der Waals surface area contributed by atoms with Gasteiger partial charge < -0.3 is 14.4 Å². The molecule has 1 saturated heterocycles. The predicted molar refractivity (Wildman–Crippen MR) is 187 cm³/mol. The second kappa shape index (κ2) is 30.1. The van der Waals surface area contributed by atoms with Crippen LogP contribution in [0.15, 0.2) is 24.3 Å². The highest BCUT2D eigenvalue weighted by atomic mass is 16.5. The molecule has 0 radical (unpaired) electrons. The molecule has 2 atom stereocenters. The standard InChI is InChI=1S/C39H71NO4/c1-4-6-8-10-12-14-16-18-20-22-24-26-28-30-38(41)43-34-36-32-40(3)33-37(36)35-44-39(42)31-29-27-25-23-21-19-17-15-13-11-9-7-5-2/h14-17,36-37H,4-13,18-35H2,1-3H3/b16-14-,17-15-/t36-,37-/m0/s1. The average Bonchev–Trinajstić information content (AvgIpc) is 3.38. The van der Waals surface area contributed by atoms with Gasteiger partial charge in [-0.3, -0.25) is 9.59 Å². The molecular weight excluding hydrogens is 546 g/mol. The number of likely N-dealkylation sites (tertiary alicyclic amines) is 1. The molecular formula is C39H71NO4. The SMILES string of the molecule is CCCCCC/C=C\CCCCCCCC(=O)OC[C@@H]1CN(C)C[C@H]1COC(=O)CCCCCCC/C=C\CCCCCC. The van der Waals surface area contributed by atoms with Gasteiger partial charge in [0.25, 0.3) is 0 Å². The van der Waals surface area contributed by atoms with Crippen molar-refractivity contribution < 1.29 is 19.1 Å². The van der Waals surface area contributed by atoms with Crippen molar-refractivity contribution in [1.82, 2.24) is 4.90 Å². The smallest absolute Gasteiger partial charge is 0.305 e. The first kappa shape index (κ1) is 40.4. The summed E-state index contributed by atoms with van der Waals surface area (Å²) >= 11 is 0. The van der Waals surface area contributed by atoms with Gasteiger partial charge in [0.1, 0.15) is 0 Å². The number of nitrogens with zero attached hydrogens (tertiary/aromatic N) is 1. The van der Waals surface area contributed by atoms with Gasteiger partial charge in [-0.15, -0.1) is 0 Å². The first-order valence-corrected chi connectivity index (χ1v) is 18.9. The number of carbonyl (C=O) groups excluding carboxylic acids is 2. The molecule has 0 spiro atoms. The third-order valence-electron chi connectivity index (χ3n) is 8.96. The zero-order chi connectivity index (χ0) is 31.9. The van der Waals surface area contributed by atoms with Crippen molar-refractivity contribution in [1.29, 1.82) is 0 Å². The van der Waals surface area contributed by atoms with E-state index in [4.69, 9.17) is 9.47 Å². The molecule has 256 valence electrons. The van der Waals surface area contributed by atoms with Crippen molar-refractivity contribution in [3.63, 3.8) is 0 Å². The quantitative estimate of drug-likeness (QED) is 0.0456. The summed E-state index contributed by atoms with van der Waals surface area (Å²) < 4.78 is 11.3. The van der Waals surface area contributed by atoms with Gasteiger partial charge in [0.2, 0.25) is 0 Å². The number of unbranched alkanes of at least 4 members (excludes halogenated alkanes) is 18. The Morgan fingerprint density at radius 1 is 0.523 bits per heavy atom. The number of carbonyl (C=O) groups is 2. The van der Waals surface area contributed by atoms with Crippen molar-refractivity contribution in [2.24, 2.45) is 11.8 Å². The number of esters is 2. The molecule has 0 aromatic rings. The Kier molecular flexibility index (Phi) is 27.6. The Morgan fingerprint density at radius 3 is 1.20 bits per heavy atom. The fourth-order valence-corrected chi connectivity index (χ4v) is 6.07. The van der Waals surface area contributed by atoms with Crippen LogP contribution in [0.4, 0.5) is 0 Å². The number of hydrogen-bond acceptors (Lipinski definition) is 5. The summed E-state index contributed by atoms with van der Waals surface area (Å²) in [5.41, 5.74) is 0. The van der Waals surface area contributed by atoms with E-state index in [9.17, 15) is 9.59 Å². The molecule has 0 bridgehead atoms. The minimum absolute atomic E-state index is 0.0836. The Bertz CT molecular complexity index is 674. The van der Waals surface area contributed by atoms with Crippen LogP contribution in [0.1, 0.15) is 168 Å². The van der Waals surface area contributed by atoms with E-state index in [0.717, 1.165) is 38.8 Å². The first-order valence-electron chi connectivity index (χ1n) is 18.9. The molecule has 0 amide bonds. The van der Waals surface area contributed by atoms with Crippen molar-refractivity contribution in [3.8, 4) is 0 Å². The molecule has 0 aliphatic carbocycles. The molecule has 1 aliphatic rings. The van der Waals surface area contributed by atoms with Gasteiger partial charge in [-0.2, -0.15) is 0 Å². The fraction of sp³-hybridized carbons (Fsp3) is 0.846. The van der Waals surface area contributed by atoms with E-state index in [1.165, 1.54) is 116 Å². The van der Waals surface area contributed by atoms with Gasteiger partial charge in [0.05, 0.1) is 13.2 Å². The monoisotopic (exact) mass is 618 g/mol. The molecule has 44 heavy (non-hydrogen) atoms. The van der Waals surface area contributed by atoms with Crippen molar-refractivity contribution in [2.45, 2.75) is 168 Å².